The summed E-state index contributed by atoms with van der Waals surface area (Å²) in [6.07, 6.45) is 4.21. The quantitative estimate of drug-likeness (QED) is 0.809. The van der Waals surface area contributed by atoms with Gasteiger partial charge < -0.3 is 9.80 Å². The highest BCUT2D eigenvalue weighted by atomic mass is 35.5. The van der Waals surface area contributed by atoms with Crippen molar-refractivity contribution in [2.45, 2.75) is 50.5 Å². The van der Waals surface area contributed by atoms with Crippen LogP contribution in [0, 0.1) is 5.92 Å². The second-order valence-electron chi connectivity index (χ2n) is 6.98. The van der Waals surface area contributed by atoms with Crippen molar-refractivity contribution in [1.29, 1.82) is 0 Å². The summed E-state index contributed by atoms with van der Waals surface area (Å²) in [5, 5.41) is 2.61. The minimum Gasteiger partial charge on any atom is -0.342 e. The van der Waals surface area contributed by atoms with Crippen molar-refractivity contribution in [3.8, 4) is 0 Å². The fraction of sp³-hybridized carbons (Fsp3) is 0.875. The van der Waals surface area contributed by atoms with E-state index in [1.807, 2.05) is 4.90 Å². The van der Waals surface area contributed by atoms with Crippen LogP contribution in [0.15, 0.2) is 0 Å². The van der Waals surface area contributed by atoms with Gasteiger partial charge in [-0.2, -0.15) is 0 Å². The number of carbonyl (C=O) groups excluding carboxylic acids is 2. The minimum atomic E-state index is -2.79. The lowest BCUT2D eigenvalue weighted by molar-refractivity contribution is -0.142. The van der Waals surface area contributed by atoms with Gasteiger partial charge in [0.15, 0.2) is 0 Å². The summed E-state index contributed by atoms with van der Waals surface area (Å²) in [7, 11) is 0. The highest BCUT2D eigenvalue weighted by Gasteiger charge is 2.44. The van der Waals surface area contributed by atoms with Gasteiger partial charge in [-0.3, -0.25) is 14.9 Å². The number of nitrogens with one attached hydrogen (secondary N) is 1. The number of hydrogen-bond acceptors (Lipinski definition) is 3. The average Bonchev–Trinajstić information content (AvgIpc) is 2.94. The molecule has 3 heterocycles. The highest BCUT2D eigenvalue weighted by molar-refractivity contribution is 5.85. The number of carbonyl (C=O) groups is 2. The lowest BCUT2D eigenvalue weighted by Crippen LogP contribution is -2.49. The number of amides is 2. The standard InChI is InChI=1S/C16H25F2N3O2.ClH/c17-16(18)10-13(19-11-16)15(23)21-8-4-12(5-9-21)14(22)20-6-2-1-3-7-20;/h12-13,19H,1-11H2;1H. The molecule has 0 aromatic heterocycles. The van der Waals surface area contributed by atoms with E-state index in [1.165, 1.54) is 6.42 Å². The molecule has 2 amide bonds. The second-order valence-corrected chi connectivity index (χ2v) is 6.98. The smallest absolute Gasteiger partial charge is 0.262 e. The molecule has 24 heavy (non-hydrogen) atoms. The van der Waals surface area contributed by atoms with Crippen molar-refractivity contribution in [2.75, 3.05) is 32.7 Å². The molecule has 0 aromatic rings. The first kappa shape index (κ1) is 19.4. The number of likely N-dealkylation sites (tertiary alicyclic amines) is 2. The Hall–Kier alpha value is -0.950. The van der Waals surface area contributed by atoms with Crippen LogP contribution < -0.4 is 5.32 Å². The predicted octanol–water partition coefficient (Wildman–Crippen LogP) is 1.66. The van der Waals surface area contributed by atoms with Crippen molar-refractivity contribution < 1.29 is 18.4 Å². The minimum absolute atomic E-state index is 0. The zero-order chi connectivity index (χ0) is 16.4. The average molecular weight is 366 g/mol. The van der Waals surface area contributed by atoms with E-state index in [4.69, 9.17) is 0 Å². The van der Waals surface area contributed by atoms with Gasteiger partial charge in [-0.15, -0.1) is 12.4 Å². The first-order valence-corrected chi connectivity index (χ1v) is 8.65. The Bertz CT molecular complexity index is 464. The summed E-state index contributed by atoms with van der Waals surface area (Å²) >= 11 is 0. The molecule has 138 valence electrons. The predicted molar refractivity (Wildman–Crippen MR) is 88.3 cm³/mol. The molecule has 1 atom stereocenters. The normalized spacial score (nSPS) is 27.7. The Kier molecular flexibility index (Phi) is 6.42. The Balaban J connectivity index is 0.00000208. The van der Waals surface area contributed by atoms with Crippen LogP contribution >= 0.6 is 12.4 Å². The van der Waals surface area contributed by atoms with Gasteiger partial charge in [-0.1, -0.05) is 0 Å². The molecule has 3 aliphatic rings. The van der Waals surface area contributed by atoms with Crippen molar-refractivity contribution in [3.05, 3.63) is 0 Å². The Morgan fingerprint density at radius 2 is 1.50 bits per heavy atom. The molecular weight excluding hydrogens is 340 g/mol. The van der Waals surface area contributed by atoms with E-state index in [0.29, 0.717) is 25.9 Å². The fourth-order valence-electron chi connectivity index (χ4n) is 3.83. The molecule has 0 saturated carbocycles. The molecule has 1 N–H and O–H groups in total. The van der Waals surface area contributed by atoms with Gasteiger partial charge in [0.25, 0.3) is 5.92 Å². The summed E-state index contributed by atoms with van der Waals surface area (Å²) in [4.78, 5) is 28.4. The molecule has 3 rings (SSSR count). The molecular formula is C16H26ClF2N3O2. The molecule has 3 aliphatic heterocycles. The zero-order valence-corrected chi connectivity index (χ0v) is 14.6. The van der Waals surface area contributed by atoms with Crippen molar-refractivity contribution in [1.82, 2.24) is 15.1 Å². The first-order chi connectivity index (χ1) is 11.0. The van der Waals surface area contributed by atoms with Crippen molar-refractivity contribution in [3.63, 3.8) is 0 Å². The van der Waals surface area contributed by atoms with Gasteiger partial charge in [0.1, 0.15) is 0 Å². The first-order valence-electron chi connectivity index (χ1n) is 8.65. The monoisotopic (exact) mass is 365 g/mol. The summed E-state index contributed by atoms with van der Waals surface area (Å²) in [5.74, 6) is -2.84. The lowest BCUT2D eigenvalue weighted by Gasteiger charge is -2.36. The van der Waals surface area contributed by atoms with Crippen LogP contribution in [-0.4, -0.2) is 66.3 Å². The third kappa shape index (κ3) is 4.36. The molecule has 3 saturated heterocycles. The summed E-state index contributed by atoms with van der Waals surface area (Å²) in [5.41, 5.74) is 0. The van der Waals surface area contributed by atoms with Gasteiger partial charge >= 0.3 is 0 Å². The van der Waals surface area contributed by atoms with Crippen LogP contribution in [0.2, 0.25) is 0 Å². The fourth-order valence-corrected chi connectivity index (χ4v) is 3.83. The summed E-state index contributed by atoms with van der Waals surface area (Å²) in [6.45, 7) is 2.26. The van der Waals surface area contributed by atoms with E-state index in [0.717, 1.165) is 25.9 Å². The van der Waals surface area contributed by atoms with Crippen molar-refractivity contribution in [2.24, 2.45) is 5.92 Å². The maximum atomic E-state index is 13.2. The molecule has 3 fully saturated rings. The largest absolute Gasteiger partial charge is 0.342 e. The van der Waals surface area contributed by atoms with E-state index < -0.39 is 24.9 Å². The Morgan fingerprint density at radius 3 is 2.04 bits per heavy atom. The number of piperidine rings is 2. The molecule has 0 aromatic carbocycles. The Morgan fingerprint density at radius 1 is 0.917 bits per heavy atom. The third-order valence-electron chi connectivity index (χ3n) is 5.23. The Labute approximate surface area is 147 Å². The number of nitrogens with zero attached hydrogens (tertiary/aromatic N) is 2. The summed E-state index contributed by atoms with van der Waals surface area (Å²) in [6, 6.07) is -0.778. The molecule has 0 aliphatic carbocycles. The van der Waals surface area contributed by atoms with Gasteiger partial charge in [0.2, 0.25) is 11.8 Å². The number of rotatable bonds is 2. The van der Waals surface area contributed by atoms with Crippen LogP contribution in [0.1, 0.15) is 38.5 Å². The number of alkyl halides is 2. The molecule has 5 nitrogen and oxygen atoms in total. The second kappa shape index (κ2) is 7.95. The van der Waals surface area contributed by atoms with Gasteiger partial charge in [0.05, 0.1) is 12.6 Å². The zero-order valence-electron chi connectivity index (χ0n) is 13.8. The molecule has 0 spiro atoms. The summed E-state index contributed by atoms with van der Waals surface area (Å²) < 4.78 is 26.4. The SMILES string of the molecule is Cl.O=C(C1CCN(C(=O)C2CC(F)(F)CN2)CC1)N1CCCCC1. The maximum Gasteiger partial charge on any atom is 0.262 e. The van der Waals surface area contributed by atoms with Gasteiger partial charge in [-0.25, -0.2) is 8.78 Å². The molecule has 1 unspecified atom stereocenters. The highest BCUT2D eigenvalue weighted by Crippen LogP contribution is 2.28. The van der Waals surface area contributed by atoms with E-state index in [2.05, 4.69) is 5.32 Å². The lowest BCUT2D eigenvalue weighted by atomic mass is 9.94. The van der Waals surface area contributed by atoms with Crippen LogP contribution in [0.3, 0.4) is 0 Å². The van der Waals surface area contributed by atoms with Crippen molar-refractivity contribution >= 4 is 24.2 Å². The van der Waals surface area contributed by atoms with E-state index in [-0.39, 0.29) is 30.1 Å². The van der Waals surface area contributed by atoms with Crippen LogP contribution in [0.25, 0.3) is 0 Å². The van der Waals surface area contributed by atoms with Crippen LogP contribution in [-0.2, 0) is 9.59 Å². The third-order valence-corrected chi connectivity index (χ3v) is 5.23. The maximum absolute atomic E-state index is 13.2. The van der Waals surface area contributed by atoms with Gasteiger partial charge in [-0.05, 0) is 32.1 Å². The van der Waals surface area contributed by atoms with E-state index in [9.17, 15) is 18.4 Å². The number of halogens is 3. The van der Waals surface area contributed by atoms with E-state index >= 15 is 0 Å². The van der Waals surface area contributed by atoms with E-state index in [1.54, 1.807) is 4.90 Å². The molecule has 0 radical (unpaired) electrons. The van der Waals surface area contributed by atoms with Crippen LogP contribution in [0.5, 0.6) is 0 Å². The number of hydrogen-bond donors (Lipinski definition) is 1. The topological polar surface area (TPSA) is 52.7 Å². The molecule has 0 bridgehead atoms. The van der Waals surface area contributed by atoms with Gasteiger partial charge in [0, 0.05) is 38.5 Å². The van der Waals surface area contributed by atoms with Crippen LogP contribution in [0.4, 0.5) is 8.78 Å². The molecule has 8 heteroatoms.